The highest BCUT2D eigenvalue weighted by molar-refractivity contribution is 5.73. The lowest BCUT2D eigenvalue weighted by Gasteiger charge is -2.07. The van der Waals surface area contributed by atoms with E-state index in [1.165, 1.54) is 0 Å². The molecule has 3 N–H and O–H groups in total. The average Bonchev–Trinajstić information content (AvgIpc) is 2.34. The van der Waals surface area contributed by atoms with Crippen molar-refractivity contribution >= 4 is 11.4 Å². The highest BCUT2D eigenvalue weighted by atomic mass is 15.5. The van der Waals surface area contributed by atoms with Gasteiger partial charge in [0.25, 0.3) is 0 Å². The van der Waals surface area contributed by atoms with Gasteiger partial charge in [0.15, 0.2) is 0 Å². The highest BCUT2D eigenvalue weighted by Gasteiger charge is 2.12. The minimum absolute atomic E-state index is 0.708. The number of nitrogens with two attached hydrogens (primary N) is 1. The van der Waals surface area contributed by atoms with Crippen LogP contribution < -0.4 is 16.2 Å². The molecule has 10 heavy (non-hydrogen) atoms. The van der Waals surface area contributed by atoms with E-state index in [0.717, 1.165) is 11.4 Å². The molecule has 1 aliphatic rings. The fourth-order valence-electron chi connectivity index (χ4n) is 1.13. The lowest BCUT2D eigenvalue weighted by atomic mass is 10.3. The zero-order valence-electron chi connectivity index (χ0n) is 5.54. The Morgan fingerprint density at radius 2 is 2.20 bits per heavy atom. The van der Waals surface area contributed by atoms with Crippen LogP contribution in [0, 0.1) is 0 Å². The maximum Gasteiger partial charge on any atom is 0.103 e. The molecule has 0 aromatic heterocycles. The minimum Gasteiger partial charge on any atom is -0.365 e. The van der Waals surface area contributed by atoms with Gasteiger partial charge in [0.2, 0.25) is 0 Å². The quantitative estimate of drug-likeness (QED) is 0.516. The van der Waals surface area contributed by atoms with Crippen molar-refractivity contribution in [2.45, 2.75) is 0 Å². The number of anilines is 2. The van der Waals surface area contributed by atoms with Crippen molar-refractivity contribution in [2.75, 3.05) is 17.0 Å². The molecule has 0 radical (unpaired) electrons. The van der Waals surface area contributed by atoms with Crippen molar-refractivity contribution in [2.24, 2.45) is 5.84 Å². The number of benzene rings is 1. The van der Waals surface area contributed by atoms with Crippen LogP contribution in [-0.4, -0.2) is 6.67 Å². The van der Waals surface area contributed by atoms with Crippen molar-refractivity contribution in [1.82, 2.24) is 0 Å². The van der Waals surface area contributed by atoms with Gasteiger partial charge in [-0.3, -0.25) is 5.01 Å². The van der Waals surface area contributed by atoms with Crippen molar-refractivity contribution in [3.05, 3.63) is 24.3 Å². The van der Waals surface area contributed by atoms with Crippen molar-refractivity contribution in [3.8, 4) is 0 Å². The molecule has 1 aliphatic heterocycles. The summed E-state index contributed by atoms with van der Waals surface area (Å²) in [6.45, 7) is 0.708. The predicted octanol–water partition coefficient (Wildman–Crippen LogP) is 0.750. The zero-order chi connectivity index (χ0) is 6.97. The summed E-state index contributed by atoms with van der Waals surface area (Å²) in [5.74, 6) is 5.62. The molecule has 0 saturated heterocycles. The molecule has 0 amide bonds. The van der Waals surface area contributed by atoms with E-state index in [2.05, 4.69) is 5.32 Å². The van der Waals surface area contributed by atoms with Crippen molar-refractivity contribution < 1.29 is 0 Å². The molecule has 0 saturated carbocycles. The van der Waals surface area contributed by atoms with Gasteiger partial charge in [-0.25, -0.2) is 5.84 Å². The van der Waals surface area contributed by atoms with Crippen LogP contribution in [0.25, 0.3) is 0 Å². The third-order valence-electron chi connectivity index (χ3n) is 1.65. The third kappa shape index (κ3) is 0.642. The van der Waals surface area contributed by atoms with Crippen LogP contribution >= 0.6 is 0 Å². The van der Waals surface area contributed by atoms with Gasteiger partial charge in [0.05, 0.1) is 11.4 Å². The molecule has 3 heteroatoms. The fourth-order valence-corrected chi connectivity index (χ4v) is 1.13. The van der Waals surface area contributed by atoms with Crippen LogP contribution in [-0.2, 0) is 0 Å². The van der Waals surface area contributed by atoms with Crippen LogP contribution in [0.4, 0.5) is 11.4 Å². The summed E-state index contributed by atoms with van der Waals surface area (Å²) in [6, 6.07) is 7.98. The molecule has 0 spiro atoms. The van der Waals surface area contributed by atoms with Crippen LogP contribution in [0.5, 0.6) is 0 Å². The van der Waals surface area contributed by atoms with Crippen molar-refractivity contribution in [1.29, 1.82) is 0 Å². The molecular formula is C7H9N3. The van der Waals surface area contributed by atoms with Gasteiger partial charge in [-0.05, 0) is 12.1 Å². The summed E-state index contributed by atoms with van der Waals surface area (Å²) in [7, 11) is 0. The molecule has 1 aromatic rings. The number of nitrogens with one attached hydrogen (secondary N) is 1. The summed E-state index contributed by atoms with van der Waals surface area (Å²) in [5.41, 5.74) is 2.19. The lowest BCUT2D eigenvalue weighted by molar-refractivity contribution is 0.945. The summed E-state index contributed by atoms with van der Waals surface area (Å²) in [5, 5.41) is 4.84. The normalized spacial score (nSPS) is 14.7. The lowest BCUT2D eigenvalue weighted by Crippen LogP contribution is -2.29. The third-order valence-corrected chi connectivity index (χ3v) is 1.65. The van der Waals surface area contributed by atoms with E-state index in [4.69, 9.17) is 5.84 Å². The molecule has 0 unspecified atom stereocenters. The van der Waals surface area contributed by atoms with E-state index in [9.17, 15) is 0 Å². The van der Waals surface area contributed by atoms with E-state index in [1.54, 1.807) is 5.01 Å². The summed E-state index contributed by atoms with van der Waals surface area (Å²) >= 11 is 0. The summed E-state index contributed by atoms with van der Waals surface area (Å²) in [6.07, 6.45) is 0. The van der Waals surface area contributed by atoms with E-state index in [0.29, 0.717) is 6.67 Å². The Morgan fingerprint density at radius 3 is 3.00 bits per heavy atom. The van der Waals surface area contributed by atoms with Crippen LogP contribution in [0.15, 0.2) is 24.3 Å². The molecule has 0 atom stereocenters. The molecule has 1 heterocycles. The molecule has 0 fully saturated rings. The topological polar surface area (TPSA) is 41.3 Å². The monoisotopic (exact) mass is 135 g/mol. The first-order valence-electron chi connectivity index (χ1n) is 3.23. The number of rotatable bonds is 0. The Kier molecular flexibility index (Phi) is 1.05. The Bertz CT molecular complexity index is 246. The minimum atomic E-state index is 0.708. The second-order valence-electron chi connectivity index (χ2n) is 2.32. The second-order valence-corrected chi connectivity index (χ2v) is 2.32. The number of fused-ring (bicyclic) bond motifs is 1. The number of hydrazine groups is 1. The fraction of sp³-hybridized carbons (Fsp3) is 0.143. The Labute approximate surface area is 59.4 Å². The van der Waals surface area contributed by atoms with Crippen LogP contribution in [0.2, 0.25) is 0 Å². The van der Waals surface area contributed by atoms with Gasteiger partial charge in [-0.2, -0.15) is 0 Å². The number of hydrogen-bond donors (Lipinski definition) is 2. The van der Waals surface area contributed by atoms with E-state index < -0.39 is 0 Å². The standard InChI is InChI=1S/C7H9N3/c8-10-5-9-6-3-1-2-4-7(6)10/h1-4,9H,5,8H2. The number of nitrogens with zero attached hydrogens (tertiary/aromatic N) is 1. The van der Waals surface area contributed by atoms with Gasteiger partial charge < -0.3 is 5.32 Å². The smallest absolute Gasteiger partial charge is 0.103 e. The summed E-state index contributed by atoms with van der Waals surface area (Å²) in [4.78, 5) is 0. The van der Waals surface area contributed by atoms with Gasteiger partial charge in [0.1, 0.15) is 6.67 Å². The Balaban J connectivity index is 2.51. The molecule has 52 valence electrons. The van der Waals surface area contributed by atoms with Gasteiger partial charge in [0, 0.05) is 0 Å². The SMILES string of the molecule is NN1CNc2ccccc21. The maximum absolute atomic E-state index is 5.62. The largest absolute Gasteiger partial charge is 0.365 e. The molecule has 0 bridgehead atoms. The zero-order valence-corrected chi connectivity index (χ0v) is 5.54. The molecule has 2 rings (SSSR count). The number of hydrogen-bond acceptors (Lipinski definition) is 3. The second kappa shape index (κ2) is 1.88. The molecule has 0 aliphatic carbocycles. The molecule has 3 nitrogen and oxygen atoms in total. The molecule has 1 aromatic carbocycles. The van der Waals surface area contributed by atoms with E-state index in [1.807, 2.05) is 24.3 Å². The Morgan fingerprint density at radius 1 is 1.40 bits per heavy atom. The highest BCUT2D eigenvalue weighted by Crippen LogP contribution is 2.27. The maximum atomic E-state index is 5.62. The van der Waals surface area contributed by atoms with E-state index in [-0.39, 0.29) is 0 Å². The van der Waals surface area contributed by atoms with E-state index >= 15 is 0 Å². The van der Waals surface area contributed by atoms with Crippen LogP contribution in [0.1, 0.15) is 0 Å². The average molecular weight is 135 g/mol. The molecular weight excluding hydrogens is 126 g/mol. The van der Waals surface area contributed by atoms with Crippen molar-refractivity contribution in [3.63, 3.8) is 0 Å². The first kappa shape index (κ1) is 5.56. The Hall–Kier alpha value is -1.22. The summed E-state index contributed by atoms with van der Waals surface area (Å²) < 4.78 is 0. The predicted molar refractivity (Wildman–Crippen MR) is 41.6 cm³/mol. The first-order chi connectivity index (χ1) is 4.88. The van der Waals surface area contributed by atoms with Gasteiger partial charge in [-0.15, -0.1) is 0 Å². The first-order valence-corrected chi connectivity index (χ1v) is 3.23. The number of para-hydroxylation sites is 2. The van der Waals surface area contributed by atoms with Gasteiger partial charge in [-0.1, -0.05) is 12.1 Å². The van der Waals surface area contributed by atoms with Crippen LogP contribution in [0.3, 0.4) is 0 Å². The van der Waals surface area contributed by atoms with Gasteiger partial charge >= 0.3 is 0 Å².